The highest BCUT2D eigenvalue weighted by atomic mass is 15.1. The van der Waals surface area contributed by atoms with Crippen LogP contribution in [0.2, 0.25) is 0 Å². The summed E-state index contributed by atoms with van der Waals surface area (Å²) in [5.41, 5.74) is 15.7. The van der Waals surface area contributed by atoms with Crippen LogP contribution in [0, 0.1) is 41.5 Å². The summed E-state index contributed by atoms with van der Waals surface area (Å²) in [7, 11) is 0. The lowest BCUT2D eigenvalue weighted by Crippen LogP contribution is -2.13. The van der Waals surface area contributed by atoms with Crippen molar-refractivity contribution in [3.63, 3.8) is 0 Å². The first kappa shape index (κ1) is 17.6. The molecule has 0 aliphatic heterocycles. The standard InChI is InChI=1S/C21H28N4/c1-8-17(22)19-18-14(5)15(6)25(21(18)24-16(7)23-19)20-12(3)9-11(2)10-13(20)4/h9-10,17H,8,22H2,1-7H3. The van der Waals surface area contributed by atoms with Crippen LogP contribution in [0.1, 0.15) is 58.9 Å². The molecule has 0 radical (unpaired) electrons. The van der Waals surface area contributed by atoms with E-state index in [1.807, 2.05) is 6.92 Å². The van der Waals surface area contributed by atoms with Gasteiger partial charge in [-0.2, -0.15) is 0 Å². The number of aromatic nitrogens is 3. The van der Waals surface area contributed by atoms with E-state index in [0.717, 1.165) is 29.0 Å². The van der Waals surface area contributed by atoms with E-state index < -0.39 is 0 Å². The molecule has 4 nitrogen and oxygen atoms in total. The SMILES string of the molecule is CCC(N)c1nc(C)nc2c1c(C)c(C)n2-c1c(C)cc(C)cc1C. The molecular weight excluding hydrogens is 308 g/mol. The molecular formula is C21H28N4. The summed E-state index contributed by atoms with van der Waals surface area (Å²) < 4.78 is 2.29. The van der Waals surface area contributed by atoms with Gasteiger partial charge in [0.2, 0.25) is 0 Å². The Kier molecular flexibility index (Phi) is 4.41. The van der Waals surface area contributed by atoms with Gasteiger partial charge in [0.15, 0.2) is 0 Å². The zero-order valence-electron chi connectivity index (χ0n) is 16.4. The van der Waals surface area contributed by atoms with E-state index in [9.17, 15) is 0 Å². The molecule has 0 fully saturated rings. The van der Waals surface area contributed by atoms with Gasteiger partial charge in [0.1, 0.15) is 11.5 Å². The van der Waals surface area contributed by atoms with Gasteiger partial charge in [0, 0.05) is 17.1 Å². The Morgan fingerprint density at radius 2 is 1.60 bits per heavy atom. The molecule has 25 heavy (non-hydrogen) atoms. The van der Waals surface area contributed by atoms with Crippen LogP contribution in [0.4, 0.5) is 0 Å². The number of nitrogens with two attached hydrogens (primary N) is 1. The second-order valence-corrected chi connectivity index (χ2v) is 7.16. The number of hydrogen-bond acceptors (Lipinski definition) is 3. The zero-order chi connectivity index (χ0) is 18.5. The molecule has 0 spiro atoms. The molecule has 1 atom stereocenters. The predicted octanol–water partition coefficient (Wildman–Crippen LogP) is 4.68. The van der Waals surface area contributed by atoms with Crippen molar-refractivity contribution in [2.75, 3.05) is 0 Å². The average Bonchev–Trinajstić information content (AvgIpc) is 2.77. The van der Waals surface area contributed by atoms with E-state index >= 15 is 0 Å². The fourth-order valence-electron chi connectivity index (χ4n) is 3.87. The largest absolute Gasteiger partial charge is 0.323 e. The lowest BCUT2D eigenvalue weighted by molar-refractivity contribution is 0.676. The van der Waals surface area contributed by atoms with Gasteiger partial charge in [-0.1, -0.05) is 24.6 Å². The summed E-state index contributed by atoms with van der Waals surface area (Å²) in [6.07, 6.45) is 0.859. The third kappa shape index (κ3) is 2.74. The summed E-state index contributed by atoms with van der Waals surface area (Å²) in [4.78, 5) is 9.50. The number of rotatable bonds is 3. The second-order valence-electron chi connectivity index (χ2n) is 7.16. The van der Waals surface area contributed by atoms with Crippen molar-refractivity contribution >= 4 is 11.0 Å². The highest BCUT2D eigenvalue weighted by Crippen LogP contribution is 2.34. The third-order valence-electron chi connectivity index (χ3n) is 5.14. The van der Waals surface area contributed by atoms with E-state index in [2.05, 4.69) is 58.2 Å². The molecule has 0 saturated carbocycles. The van der Waals surface area contributed by atoms with Crippen LogP contribution in [0.25, 0.3) is 16.7 Å². The smallest absolute Gasteiger partial charge is 0.149 e. The minimum Gasteiger partial charge on any atom is -0.323 e. The van der Waals surface area contributed by atoms with Crippen molar-refractivity contribution in [1.82, 2.24) is 14.5 Å². The van der Waals surface area contributed by atoms with E-state index in [0.29, 0.717) is 0 Å². The topological polar surface area (TPSA) is 56.7 Å². The third-order valence-corrected chi connectivity index (χ3v) is 5.14. The van der Waals surface area contributed by atoms with Gasteiger partial charge in [-0.05, 0) is 64.7 Å². The number of benzene rings is 1. The van der Waals surface area contributed by atoms with Crippen LogP contribution in [-0.2, 0) is 0 Å². The van der Waals surface area contributed by atoms with E-state index in [-0.39, 0.29) is 6.04 Å². The van der Waals surface area contributed by atoms with Crippen LogP contribution in [0.3, 0.4) is 0 Å². The second kappa shape index (κ2) is 6.26. The Morgan fingerprint density at radius 1 is 1.00 bits per heavy atom. The number of nitrogens with zero attached hydrogens (tertiary/aromatic N) is 3. The molecule has 0 saturated heterocycles. The quantitative estimate of drug-likeness (QED) is 0.755. The first-order chi connectivity index (χ1) is 11.8. The minimum absolute atomic E-state index is 0.0710. The molecule has 2 aromatic heterocycles. The molecule has 2 heterocycles. The number of aryl methyl sites for hydroxylation is 5. The molecule has 4 heteroatoms. The van der Waals surface area contributed by atoms with Crippen molar-refractivity contribution in [2.24, 2.45) is 5.73 Å². The molecule has 0 aliphatic rings. The fourth-order valence-corrected chi connectivity index (χ4v) is 3.87. The summed E-state index contributed by atoms with van der Waals surface area (Å²) >= 11 is 0. The number of fused-ring (bicyclic) bond motifs is 1. The van der Waals surface area contributed by atoms with E-state index in [4.69, 9.17) is 15.7 Å². The van der Waals surface area contributed by atoms with Gasteiger partial charge in [0.25, 0.3) is 0 Å². The fraction of sp³-hybridized carbons (Fsp3) is 0.429. The molecule has 1 unspecified atom stereocenters. The summed E-state index contributed by atoms with van der Waals surface area (Å²) in [5.74, 6) is 0.771. The molecule has 3 rings (SSSR count). The van der Waals surface area contributed by atoms with Crippen molar-refractivity contribution in [2.45, 2.75) is 60.9 Å². The van der Waals surface area contributed by atoms with Gasteiger partial charge in [-0.3, -0.25) is 4.57 Å². The monoisotopic (exact) mass is 336 g/mol. The first-order valence-electron chi connectivity index (χ1n) is 8.96. The van der Waals surface area contributed by atoms with Crippen LogP contribution in [0.5, 0.6) is 0 Å². The highest BCUT2D eigenvalue weighted by Gasteiger charge is 2.22. The maximum Gasteiger partial charge on any atom is 0.149 e. The van der Waals surface area contributed by atoms with Crippen LogP contribution < -0.4 is 5.73 Å². The van der Waals surface area contributed by atoms with Crippen LogP contribution >= 0.6 is 0 Å². The van der Waals surface area contributed by atoms with Gasteiger partial charge in [0.05, 0.1) is 11.4 Å². The maximum atomic E-state index is 6.38. The molecule has 132 valence electrons. The van der Waals surface area contributed by atoms with Crippen molar-refractivity contribution < 1.29 is 0 Å². The van der Waals surface area contributed by atoms with Crippen molar-refractivity contribution in [1.29, 1.82) is 0 Å². The Bertz CT molecular complexity index is 943. The van der Waals surface area contributed by atoms with Gasteiger partial charge in [-0.25, -0.2) is 9.97 Å². The summed E-state index contributed by atoms with van der Waals surface area (Å²) in [5, 5.41) is 1.11. The van der Waals surface area contributed by atoms with Crippen molar-refractivity contribution in [3.05, 3.63) is 51.6 Å². The highest BCUT2D eigenvalue weighted by molar-refractivity contribution is 5.87. The van der Waals surface area contributed by atoms with Crippen LogP contribution in [-0.4, -0.2) is 14.5 Å². The van der Waals surface area contributed by atoms with E-state index in [1.165, 1.54) is 33.6 Å². The Labute approximate surface area is 150 Å². The zero-order valence-corrected chi connectivity index (χ0v) is 16.4. The Hall–Kier alpha value is -2.20. The minimum atomic E-state index is -0.0710. The lowest BCUT2D eigenvalue weighted by atomic mass is 10.0. The number of hydrogen-bond donors (Lipinski definition) is 1. The van der Waals surface area contributed by atoms with Crippen LogP contribution in [0.15, 0.2) is 12.1 Å². The normalized spacial score (nSPS) is 12.8. The van der Waals surface area contributed by atoms with E-state index in [1.54, 1.807) is 0 Å². The molecule has 1 aromatic carbocycles. The average molecular weight is 336 g/mol. The summed E-state index contributed by atoms with van der Waals surface area (Å²) in [6, 6.07) is 4.39. The predicted molar refractivity (Wildman–Crippen MR) is 105 cm³/mol. The van der Waals surface area contributed by atoms with Gasteiger partial charge >= 0.3 is 0 Å². The Morgan fingerprint density at radius 3 is 2.16 bits per heavy atom. The molecule has 3 aromatic rings. The van der Waals surface area contributed by atoms with Gasteiger partial charge < -0.3 is 5.73 Å². The molecule has 0 amide bonds. The molecule has 0 bridgehead atoms. The van der Waals surface area contributed by atoms with Gasteiger partial charge in [-0.15, -0.1) is 0 Å². The lowest BCUT2D eigenvalue weighted by Gasteiger charge is -2.16. The molecule has 0 aliphatic carbocycles. The molecule has 2 N–H and O–H groups in total. The maximum absolute atomic E-state index is 6.38. The summed E-state index contributed by atoms with van der Waals surface area (Å²) in [6.45, 7) is 14.8. The Balaban J connectivity index is 2.46. The first-order valence-corrected chi connectivity index (χ1v) is 8.96. The van der Waals surface area contributed by atoms with Crippen molar-refractivity contribution in [3.8, 4) is 5.69 Å².